The van der Waals surface area contributed by atoms with Gasteiger partial charge in [0.25, 0.3) is 0 Å². The average Bonchev–Trinajstić information content (AvgIpc) is 2.49. The van der Waals surface area contributed by atoms with Crippen molar-refractivity contribution in [2.75, 3.05) is 0 Å². The summed E-state index contributed by atoms with van der Waals surface area (Å²) in [6, 6.07) is 0.448. The van der Waals surface area contributed by atoms with Crippen LogP contribution < -0.4 is 5.32 Å². The number of fused-ring (bicyclic) bond motifs is 4. The highest BCUT2D eigenvalue weighted by Crippen LogP contribution is 2.48. The third kappa shape index (κ3) is 2.22. The lowest BCUT2D eigenvalue weighted by Gasteiger charge is -2.48. The van der Waals surface area contributed by atoms with Gasteiger partial charge in [-0.1, -0.05) is 19.9 Å². The molecule has 0 aromatic rings. The second-order valence-corrected chi connectivity index (χ2v) is 6.99. The lowest BCUT2D eigenvalue weighted by atomic mass is 9.59. The zero-order chi connectivity index (χ0) is 12.7. The average molecular weight is 247 g/mol. The van der Waals surface area contributed by atoms with Crippen LogP contribution in [0.15, 0.2) is 12.2 Å². The summed E-state index contributed by atoms with van der Waals surface area (Å²) in [5, 5.41) is 3.23. The molecule has 3 rings (SSSR count). The number of hydrogen-bond donors (Lipinski definition) is 1. The highest BCUT2D eigenvalue weighted by Gasteiger charge is 2.43. The van der Waals surface area contributed by atoms with Crippen molar-refractivity contribution in [1.82, 2.24) is 5.32 Å². The number of nitrogens with one attached hydrogen (secondary N) is 1. The maximum absolute atomic E-state index is 11.6. The molecule has 0 spiro atoms. The molecule has 2 bridgehead atoms. The Morgan fingerprint density at radius 1 is 1.22 bits per heavy atom. The molecule has 3 aliphatic rings. The van der Waals surface area contributed by atoms with Gasteiger partial charge in [0.2, 0.25) is 5.91 Å². The monoisotopic (exact) mass is 247 g/mol. The molecule has 2 fully saturated rings. The van der Waals surface area contributed by atoms with E-state index in [0.29, 0.717) is 12.0 Å². The number of carbonyl (C=O) groups is 1. The Bertz CT molecular complexity index is 360. The molecule has 0 radical (unpaired) electrons. The van der Waals surface area contributed by atoms with E-state index < -0.39 is 0 Å². The summed E-state index contributed by atoms with van der Waals surface area (Å²) in [5.41, 5.74) is 0. The Balaban J connectivity index is 1.77. The van der Waals surface area contributed by atoms with Crippen LogP contribution in [0.3, 0.4) is 0 Å². The summed E-state index contributed by atoms with van der Waals surface area (Å²) in [6.07, 6.45) is 10.3. The van der Waals surface area contributed by atoms with Crippen LogP contribution in [0.4, 0.5) is 0 Å². The highest BCUT2D eigenvalue weighted by molar-refractivity contribution is 5.88. The maximum Gasteiger partial charge on any atom is 0.243 e. The van der Waals surface area contributed by atoms with Gasteiger partial charge in [-0.05, 0) is 67.8 Å². The number of allylic oxidation sites excluding steroid dienone is 1. The van der Waals surface area contributed by atoms with E-state index in [4.69, 9.17) is 0 Å². The molecule has 2 aliphatic carbocycles. The van der Waals surface area contributed by atoms with E-state index in [0.717, 1.165) is 30.1 Å². The molecular formula is C16H25NO. The van der Waals surface area contributed by atoms with Crippen LogP contribution in [0, 0.1) is 29.6 Å². The highest BCUT2D eigenvalue weighted by atomic mass is 16.1. The van der Waals surface area contributed by atoms with Gasteiger partial charge in [-0.15, -0.1) is 0 Å². The molecule has 2 saturated carbocycles. The van der Waals surface area contributed by atoms with Crippen LogP contribution in [-0.4, -0.2) is 11.9 Å². The summed E-state index contributed by atoms with van der Waals surface area (Å²) in [5.74, 6) is 4.27. The van der Waals surface area contributed by atoms with E-state index >= 15 is 0 Å². The summed E-state index contributed by atoms with van der Waals surface area (Å²) < 4.78 is 0. The normalized spacial score (nSPS) is 43.3. The van der Waals surface area contributed by atoms with Crippen molar-refractivity contribution in [1.29, 1.82) is 0 Å². The molecule has 2 nitrogen and oxygen atoms in total. The first-order valence-electron chi connectivity index (χ1n) is 7.60. The fourth-order valence-electron chi connectivity index (χ4n) is 4.57. The zero-order valence-corrected chi connectivity index (χ0v) is 11.6. The van der Waals surface area contributed by atoms with Gasteiger partial charge < -0.3 is 5.32 Å². The third-order valence-corrected chi connectivity index (χ3v) is 5.54. The van der Waals surface area contributed by atoms with Crippen LogP contribution in [0.5, 0.6) is 0 Å². The fourth-order valence-corrected chi connectivity index (χ4v) is 4.57. The van der Waals surface area contributed by atoms with Gasteiger partial charge in [-0.3, -0.25) is 4.79 Å². The van der Waals surface area contributed by atoms with Crippen molar-refractivity contribution in [2.24, 2.45) is 29.6 Å². The molecule has 0 saturated heterocycles. The second kappa shape index (κ2) is 4.71. The molecule has 18 heavy (non-hydrogen) atoms. The number of amides is 1. The predicted octanol–water partition coefficient (Wildman–Crippen LogP) is 3.14. The van der Waals surface area contributed by atoms with Crippen LogP contribution in [0.1, 0.15) is 46.0 Å². The minimum Gasteiger partial charge on any atom is -0.350 e. The first-order valence-corrected chi connectivity index (χ1v) is 7.60. The first-order chi connectivity index (χ1) is 8.63. The molecule has 1 N–H and O–H groups in total. The molecule has 0 aromatic carbocycles. The summed E-state index contributed by atoms with van der Waals surface area (Å²) >= 11 is 0. The van der Waals surface area contributed by atoms with Crippen LogP contribution in [0.25, 0.3) is 0 Å². The topological polar surface area (TPSA) is 29.1 Å². The van der Waals surface area contributed by atoms with E-state index in [1.54, 1.807) is 6.08 Å². The standard InChI is InChI=1S/C16H25NO/c1-10(2)12-6-11-7-13(9-12)14-4-3-5-16(18)17-15(14)8-11/h3,5,10-15H,4,6-9H2,1-2H3,(H,17,18). The molecule has 100 valence electrons. The van der Waals surface area contributed by atoms with Crippen molar-refractivity contribution in [2.45, 2.75) is 52.0 Å². The molecule has 5 atom stereocenters. The van der Waals surface area contributed by atoms with E-state index in [2.05, 4.69) is 25.2 Å². The van der Waals surface area contributed by atoms with Crippen LogP contribution >= 0.6 is 0 Å². The van der Waals surface area contributed by atoms with Gasteiger partial charge in [0.15, 0.2) is 0 Å². The maximum atomic E-state index is 11.6. The Labute approximate surface area is 110 Å². The SMILES string of the molecule is CC(C)C1CC2CC(C1)C1CC=CC(=O)NC1C2. The molecule has 5 unspecified atom stereocenters. The van der Waals surface area contributed by atoms with Crippen molar-refractivity contribution in [3.63, 3.8) is 0 Å². The number of rotatable bonds is 1. The van der Waals surface area contributed by atoms with Crippen molar-refractivity contribution < 1.29 is 4.79 Å². The molecular weight excluding hydrogens is 222 g/mol. The summed E-state index contributed by atoms with van der Waals surface area (Å²) in [7, 11) is 0. The Kier molecular flexibility index (Phi) is 3.21. The number of hydrogen-bond acceptors (Lipinski definition) is 1. The molecule has 1 aliphatic heterocycles. The lowest BCUT2D eigenvalue weighted by Crippen LogP contribution is -2.49. The Morgan fingerprint density at radius 3 is 2.83 bits per heavy atom. The molecule has 0 aromatic heterocycles. The van der Waals surface area contributed by atoms with Gasteiger partial charge in [-0.2, -0.15) is 0 Å². The Morgan fingerprint density at radius 2 is 2.06 bits per heavy atom. The van der Waals surface area contributed by atoms with Crippen molar-refractivity contribution in [3.8, 4) is 0 Å². The third-order valence-electron chi connectivity index (χ3n) is 5.54. The first kappa shape index (κ1) is 12.3. The van der Waals surface area contributed by atoms with Crippen molar-refractivity contribution >= 4 is 5.91 Å². The molecule has 1 amide bonds. The zero-order valence-electron chi connectivity index (χ0n) is 11.6. The largest absolute Gasteiger partial charge is 0.350 e. The van der Waals surface area contributed by atoms with Crippen molar-refractivity contribution in [3.05, 3.63) is 12.2 Å². The van der Waals surface area contributed by atoms with Gasteiger partial charge in [0.1, 0.15) is 0 Å². The van der Waals surface area contributed by atoms with E-state index in [9.17, 15) is 4.79 Å². The summed E-state index contributed by atoms with van der Waals surface area (Å²) in [4.78, 5) is 11.6. The van der Waals surface area contributed by atoms with Gasteiger partial charge in [0, 0.05) is 6.04 Å². The van der Waals surface area contributed by atoms with E-state index in [-0.39, 0.29) is 5.91 Å². The van der Waals surface area contributed by atoms with Crippen LogP contribution in [0.2, 0.25) is 0 Å². The van der Waals surface area contributed by atoms with E-state index in [1.807, 2.05) is 0 Å². The smallest absolute Gasteiger partial charge is 0.243 e. The molecule has 1 heterocycles. The minimum atomic E-state index is 0.128. The van der Waals surface area contributed by atoms with Gasteiger partial charge in [-0.25, -0.2) is 0 Å². The Hall–Kier alpha value is -0.790. The van der Waals surface area contributed by atoms with Gasteiger partial charge >= 0.3 is 0 Å². The second-order valence-electron chi connectivity index (χ2n) is 6.99. The minimum absolute atomic E-state index is 0.128. The quantitative estimate of drug-likeness (QED) is 0.758. The van der Waals surface area contributed by atoms with Crippen LogP contribution in [-0.2, 0) is 4.79 Å². The fraction of sp³-hybridized carbons (Fsp3) is 0.812. The predicted molar refractivity (Wildman–Crippen MR) is 73.0 cm³/mol. The van der Waals surface area contributed by atoms with Gasteiger partial charge in [0.05, 0.1) is 0 Å². The lowest BCUT2D eigenvalue weighted by molar-refractivity contribution is -0.118. The number of carbonyl (C=O) groups excluding carboxylic acids is 1. The molecule has 2 heteroatoms. The summed E-state index contributed by atoms with van der Waals surface area (Å²) in [6.45, 7) is 4.75. The van der Waals surface area contributed by atoms with E-state index in [1.165, 1.54) is 25.7 Å².